The third-order valence-electron chi connectivity index (χ3n) is 3.57. The normalized spacial score (nSPS) is 11.7. The Balaban J connectivity index is 0.00000576. The first kappa shape index (κ1) is 23.7. The Morgan fingerprint density at radius 3 is 2.36 bits per heavy atom. The first-order chi connectivity index (χ1) is 11.1. The van der Waals surface area contributed by atoms with Crippen molar-refractivity contribution < 1.29 is 4.79 Å². The van der Waals surface area contributed by atoms with Crippen LogP contribution in [0, 0.1) is 13.8 Å². The van der Waals surface area contributed by atoms with Crippen molar-refractivity contribution in [1.82, 2.24) is 25.7 Å². The summed E-state index contributed by atoms with van der Waals surface area (Å²) in [5, 5.41) is 13.8. The van der Waals surface area contributed by atoms with Gasteiger partial charge in [-0.15, -0.1) is 24.0 Å². The highest BCUT2D eigenvalue weighted by Gasteiger charge is 2.13. The summed E-state index contributed by atoms with van der Waals surface area (Å²) in [6.07, 6.45) is 0.865. The number of amides is 1. The van der Waals surface area contributed by atoms with E-state index >= 15 is 0 Å². The second-order valence-electron chi connectivity index (χ2n) is 6.94. The van der Waals surface area contributed by atoms with Crippen molar-refractivity contribution in [3.8, 4) is 0 Å². The number of carbonyl (C=O) groups excluding carboxylic acids is 1. The summed E-state index contributed by atoms with van der Waals surface area (Å²) in [6.45, 7) is 13.6. The van der Waals surface area contributed by atoms with Gasteiger partial charge in [-0.2, -0.15) is 5.10 Å². The fourth-order valence-electron chi connectivity index (χ4n) is 2.44. The van der Waals surface area contributed by atoms with Crippen LogP contribution < -0.4 is 16.0 Å². The molecule has 0 aliphatic rings. The van der Waals surface area contributed by atoms with Gasteiger partial charge in [-0.3, -0.25) is 9.48 Å². The number of aromatic nitrogens is 2. The molecule has 0 saturated heterocycles. The number of nitrogens with zero attached hydrogens (tertiary/aromatic N) is 3. The largest absolute Gasteiger partial charge is 0.357 e. The zero-order valence-corrected chi connectivity index (χ0v) is 18.8. The number of hydrogen-bond donors (Lipinski definition) is 3. The Bertz CT molecular complexity index is 589. The molecule has 0 spiro atoms. The molecule has 0 bridgehead atoms. The predicted molar refractivity (Wildman–Crippen MR) is 114 cm³/mol. The van der Waals surface area contributed by atoms with Gasteiger partial charge in [0.2, 0.25) is 5.91 Å². The number of rotatable bonds is 6. The van der Waals surface area contributed by atoms with Gasteiger partial charge < -0.3 is 16.0 Å². The number of nitrogens with one attached hydrogen (secondary N) is 3. The van der Waals surface area contributed by atoms with E-state index in [0.717, 1.165) is 25.2 Å². The summed E-state index contributed by atoms with van der Waals surface area (Å²) in [5.74, 6) is 0.569. The molecule has 0 aliphatic heterocycles. The van der Waals surface area contributed by atoms with Gasteiger partial charge >= 0.3 is 0 Å². The lowest BCUT2D eigenvalue weighted by Gasteiger charge is -2.20. The van der Waals surface area contributed by atoms with E-state index in [1.807, 2.05) is 46.3 Å². The molecule has 25 heavy (non-hydrogen) atoms. The number of carbonyl (C=O) groups is 1. The third kappa shape index (κ3) is 8.55. The molecule has 0 unspecified atom stereocenters. The molecular formula is C17H33IN6O. The Labute approximate surface area is 168 Å². The number of halogens is 1. The molecule has 1 heterocycles. The van der Waals surface area contributed by atoms with Crippen molar-refractivity contribution in [1.29, 1.82) is 0 Å². The van der Waals surface area contributed by atoms with Crippen molar-refractivity contribution in [3.05, 3.63) is 17.0 Å². The lowest BCUT2D eigenvalue weighted by Crippen LogP contribution is -2.43. The quantitative estimate of drug-likeness (QED) is 0.340. The summed E-state index contributed by atoms with van der Waals surface area (Å²) in [5.41, 5.74) is 3.25. The van der Waals surface area contributed by atoms with Gasteiger partial charge in [-0.1, -0.05) is 0 Å². The lowest BCUT2D eigenvalue weighted by molar-refractivity contribution is -0.121. The minimum absolute atomic E-state index is 0. The summed E-state index contributed by atoms with van der Waals surface area (Å²) in [4.78, 5) is 16.2. The fraction of sp³-hybridized carbons (Fsp3) is 0.706. The molecule has 1 amide bonds. The van der Waals surface area contributed by atoms with Crippen molar-refractivity contribution >= 4 is 35.8 Å². The van der Waals surface area contributed by atoms with Gasteiger partial charge in [0.25, 0.3) is 0 Å². The average molecular weight is 464 g/mol. The topological polar surface area (TPSA) is 83.3 Å². The maximum absolute atomic E-state index is 11.9. The van der Waals surface area contributed by atoms with Gasteiger partial charge in [-0.25, -0.2) is 4.99 Å². The van der Waals surface area contributed by atoms with Crippen LogP contribution in [0.5, 0.6) is 0 Å². The van der Waals surface area contributed by atoms with E-state index in [0.29, 0.717) is 5.96 Å². The summed E-state index contributed by atoms with van der Waals surface area (Å²) in [6, 6.07) is 0. The minimum Gasteiger partial charge on any atom is -0.357 e. The minimum atomic E-state index is -0.242. The average Bonchev–Trinajstić information content (AvgIpc) is 2.69. The lowest BCUT2D eigenvalue weighted by atomic mass is 10.1. The maximum Gasteiger partial charge on any atom is 0.242 e. The van der Waals surface area contributed by atoms with E-state index < -0.39 is 0 Å². The molecule has 0 fully saturated rings. The SMILES string of the molecule is CCNC(=NCC(=O)NC(C)(C)C)NCCc1c(C)nn(C)c1C.I. The third-order valence-corrected chi connectivity index (χ3v) is 3.57. The zero-order valence-electron chi connectivity index (χ0n) is 16.5. The molecular weight excluding hydrogens is 431 g/mol. The van der Waals surface area contributed by atoms with Gasteiger partial charge in [0.1, 0.15) is 6.54 Å². The van der Waals surface area contributed by atoms with E-state index in [2.05, 4.69) is 33.0 Å². The van der Waals surface area contributed by atoms with Crippen LogP contribution >= 0.6 is 24.0 Å². The Morgan fingerprint density at radius 2 is 1.88 bits per heavy atom. The van der Waals surface area contributed by atoms with Crippen molar-refractivity contribution in [2.24, 2.45) is 12.0 Å². The molecule has 8 heteroatoms. The van der Waals surface area contributed by atoms with Crippen LogP contribution in [0.25, 0.3) is 0 Å². The molecule has 1 aromatic heterocycles. The van der Waals surface area contributed by atoms with Gasteiger partial charge in [0.15, 0.2) is 5.96 Å². The fourth-order valence-corrected chi connectivity index (χ4v) is 2.44. The number of guanidine groups is 1. The number of hydrogen-bond acceptors (Lipinski definition) is 3. The molecule has 3 N–H and O–H groups in total. The molecule has 0 saturated carbocycles. The standard InChI is InChI=1S/C17H32N6O.HI/c1-8-18-16(20-11-15(24)21-17(4,5)6)19-10-9-14-12(2)22-23(7)13(14)3;/h8-11H2,1-7H3,(H,21,24)(H2,18,19,20);1H. The second-order valence-corrected chi connectivity index (χ2v) is 6.94. The van der Waals surface area contributed by atoms with E-state index in [1.165, 1.54) is 11.3 Å². The van der Waals surface area contributed by atoms with Crippen molar-refractivity contribution in [2.45, 2.75) is 53.5 Å². The second kappa shape index (κ2) is 10.6. The van der Waals surface area contributed by atoms with Gasteiger partial charge in [-0.05, 0) is 53.5 Å². The van der Waals surface area contributed by atoms with E-state index in [4.69, 9.17) is 0 Å². The number of aryl methyl sites for hydroxylation is 2. The van der Waals surface area contributed by atoms with Gasteiger partial charge in [0, 0.05) is 31.4 Å². The van der Waals surface area contributed by atoms with E-state index in [1.54, 1.807) is 0 Å². The van der Waals surface area contributed by atoms with Crippen LogP contribution in [0.3, 0.4) is 0 Å². The van der Waals surface area contributed by atoms with Crippen LogP contribution in [0.1, 0.15) is 44.6 Å². The number of aliphatic imine (C=N–C) groups is 1. The first-order valence-electron chi connectivity index (χ1n) is 8.46. The van der Waals surface area contributed by atoms with Crippen LogP contribution in [0.4, 0.5) is 0 Å². The smallest absolute Gasteiger partial charge is 0.242 e. The molecule has 144 valence electrons. The molecule has 1 aromatic rings. The monoisotopic (exact) mass is 464 g/mol. The summed E-state index contributed by atoms with van der Waals surface area (Å²) >= 11 is 0. The van der Waals surface area contributed by atoms with Crippen LogP contribution in [-0.2, 0) is 18.3 Å². The Morgan fingerprint density at radius 1 is 1.24 bits per heavy atom. The summed E-state index contributed by atoms with van der Waals surface area (Å²) < 4.78 is 1.90. The molecule has 7 nitrogen and oxygen atoms in total. The zero-order chi connectivity index (χ0) is 18.3. The maximum atomic E-state index is 11.9. The highest BCUT2D eigenvalue weighted by atomic mass is 127. The molecule has 1 rings (SSSR count). The van der Waals surface area contributed by atoms with E-state index in [-0.39, 0.29) is 42.0 Å². The molecule has 0 atom stereocenters. The van der Waals surface area contributed by atoms with Crippen molar-refractivity contribution in [3.63, 3.8) is 0 Å². The molecule has 0 aliphatic carbocycles. The first-order valence-corrected chi connectivity index (χ1v) is 8.46. The Hall–Kier alpha value is -1.32. The Kier molecular flexibility index (Phi) is 10.1. The van der Waals surface area contributed by atoms with Crippen molar-refractivity contribution in [2.75, 3.05) is 19.6 Å². The molecule has 0 radical (unpaired) electrons. The van der Waals surface area contributed by atoms with Crippen LogP contribution in [0.15, 0.2) is 4.99 Å². The molecule has 0 aromatic carbocycles. The predicted octanol–water partition coefficient (Wildman–Crippen LogP) is 1.67. The van der Waals surface area contributed by atoms with Crippen LogP contribution in [0.2, 0.25) is 0 Å². The highest BCUT2D eigenvalue weighted by Crippen LogP contribution is 2.11. The van der Waals surface area contributed by atoms with E-state index in [9.17, 15) is 4.79 Å². The van der Waals surface area contributed by atoms with Gasteiger partial charge in [0.05, 0.1) is 5.69 Å². The van der Waals surface area contributed by atoms with Crippen LogP contribution in [-0.4, -0.2) is 46.8 Å². The highest BCUT2D eigenvalue weighted by molar-refractivity contribution is 14.0. The summed E-state index contributed by atoms with van der Waals surface area (Å²) in [7, 11) is 1.96.